The van der Waals surface area contributed by atoms with Crippen molar-refractivity contribution >= 4 is 0 Å². The van der Waals surface area contributed by atoms with Crippen LogP contribution >= 0.6 is 0 Å². The van der Waals surface area contributed by atoms with Gasteiger partial charge in [-0.1, -0.05) is 0 Å². The van der Waals surface area contributed by atoms with Crippen LogP contribution in [0.2, 0.25) is 0 Å². The third kappa shape index (κ3) is 2.46. The lowest BCUT2D eigenvalue weighted by Crippen LogP contribution is -2.28. The summed E-state index contributed by atoms with van der Waals surface area (Å²) < 4.78 is 4.75. The van der Waals surface area contributed by atoms with Gasteiger partial charge in [-0.25, -0.2) is 0 Å². The molecule has 0 heterocycles. The van der Waals surface area contributed by atoms with Gasteiger partial charge in [0.2, 0.25) is 0 Å². The van der Waals surface area contributed by atoms with E-state index in [1.54, 1.807) is 24.3 Å². The lowest BCUT2D eigenvalue weighted by Gasteiger charge is -2.14. The third-order valence-electron chi connectivity index (χ3n) is 1.49. The molecule has 13 heavy (non-hydrogen) atoms. The lowest BCUT2D eigenvalue weighted by molar-refractivity contribution is 0.0707. The number of methoxy groups -OCH3 is 1. The van der Waals surface area contributed by atoms with Crippen LogP contribution < -0.4 is 0 Å². The van der Waals surface area contributed by atoms with E-state index in [1.165, 1.54) is 7.11 Å². The van der Waals surface area contributed by atoms with Crippen LogP contribution in [0.5, 0.6) is 0 Å². The van der Waals surface area contributed by atoms with E-state index in [9.17, 15) is 0 Å². The van der Waals surface area contributed by atoms with Crippen molar-refractivity contribution in [2.75, 3.05) is 7.11 Å². The molecule has 0 atom stereocenters. The van der Waals surface area contributed by atoms with Gasteiger partial charge in [0, 0.05) is 7.11 Å². The van der Waals surface area contributed by atoms with Crippen LogP contribution in [0.25, 0.3) is 0 Å². The van der Waals surface area contributed by atoms with E-state index in [-0.39, 0.29) is 0 Å². The minimum absolute atomic E-state index is 0.968. The maximum atomic E-state index is 8.50. The van der Waals surface area contributed by atoms with Gasteiger partial charge in [-0.3, -0.25) is 0 Å². The molecule has 64 valence electrons. The van der Waals surface area contributed by atoms with Gasteiger partial charge in [-0.15, -0.1) is 0 Å². The smallest absolute Gasteiger partial charge is 0.161 e. The fraction of sp³-hybridized carbons (Fsp3) is 0.500. The molecule has 5 heteroatoms. The van der Waals surface area contributed by atoms with Crippen molar-refractivity contribution in [3.63, 3.8) is 0 Å². The van der Waals surface area contributed by atoms with E-state index in [0.29, 0.717) is 0 Å². The van der Waals surface area contributed by atoms with Crippen molar-refractivity contribution in [1.29, 1.82) is 21.0 Å². The molecular formula is C8H6N4O. The summed E-state index contributed by atoms with van der Waals surface area (Å²) in [6, 6.07) is 6.65. The Morgan fingerprint density at radius 3 is 1.31 bits per heavy atom. The molecule has 0 spiro atoms. The molecular weight excluding hydrogens is 168 g/mol. The first-order valence-corrected chi connectivity index (χ1v) is 3.36. The van der Waals surface area contributed by atoms with Gasteiger partial charge in [-0.2, -0.15) is 21.0 Å². The Morgan fingerprint density at radius 1 is 0.846 bits per heavy atom. The van der Waals surface area contributed by atoms with Crippen LogP contribution in [-0.2, 0) is 4.74 Å². The number of nitrogens with zero attached hydrogens (tertiary/aromatic N) is 4. The molecule has 0 fully saturated rings. The predicted molar refractivity (Wildman–Crippen MR) is 40.2 cm³/mol. The molecule has 0 aromatic heterocycles. The molecule has 0 aliphatic heterocycles. The SMILES string of the molecule is COC(C(C#N)C#N)C(C#N)C#N. The highest BCUT2D eigenvalue weighted by Gasteiger charge is 2.29. The molecule has 0 aliphatic rings. The summed E-state index contributed by atoms with van der Waals surface area (Å²) in [5, 5.41) is 34.0. The molecule has 0 aromatic carbocycles. The number of ether oxygens (including phenoxy) is 1. The number of hydrogen-bond acceptors (Lipinski definition) is 5. The molecule has 0 aromatic rings. The van der Waals surface area contributed by atoms with E-state index < -0.39 is 17.9 Å². The van der Waals surface area contributed by atoms with Crippen LogP contribution in [0.1, 0.15) is 0 Å². The summed E-state index contributed by atoms with van der Waals surface area (Å²) in [5.41, 5.74) is 0. The van der Waals surface area contributed by atoms with Crippen molar-refractivity contribution in [2.45, 2.75) is 6.10 Å². The zero-order valence-corrected chi connectivity index (χ0v) is 6.93. The summed E-state index contributed by atoms with van der Waals surface area (Å²) in [6.45, 7) is 0. The lowest BCUT2D eigenvalue weighted by atomic mass is 9.95. The van der Waals surface area contributed by atoms with Gasteiger partial charge in [-0.05, 0) is 0 Å². The Kier molecular flexibility index (Phi) is 4.67. The highest BCUT2D eigenvalue weighted by atomic mass is 16.5. The summed E-state index contributed by atoms with van der Waals surface area (Å²) >= 11 is 0. The van der Waals surface area contributed by atoms with E-state index in [1.807, 2.05) is 0 Å². The Balaban J connectivity index is 4.75. The molecule has 0 rings (SSSR count). The summed E-state index contributed by atoms with van der Waals surface area (Å²) in [7, 11) is 1.26. The number of nitriles is 4. The average molecular weight is 174 g/mol. The Hall–Kier alpha value is -2.08. The van der Waals surface area contributed by atoms with Gasteiger partial charge in [0.15, 0.2) is 11.8 Å². The second-order valence-corrected chi connectivity index (χ2v) is 2.17. The van der Waals surface area contributed by atoms with Crippen LogP contribution in [0, 0.1) is 57.2 Å². The molecule has 0 unspecified atom stereocenters. The number of hydrogen-bond donors (Lipinski definition) is 0. The topological polar surface area (TPSA) is 104 Å². The van der Waals surface area contributed by atoms with Crippen LogP contribution in [0.3, 0.4) is 0 Å². The minimum Gasteiger partial charge on any atom is -0.376 e. The van der Waals surface area contributed by atoms with Crippen LogP contribution in [0.15, 0.2) is 0 Å². The van der Waals surface area contributed by atoms with Crippen molar-refractivity contribution in [3.8, 4) is 24.3 Å². The molecule has 0 radical (unpaired) electrons. The number of rotatable bonds is 3. The van der Waals surface area contributed by atoms with Crippen molar-refractivity contribution < 1.29 is 4.74 Å². The van der Waals surface area contributed by atoms with E-state index in [2.05, 4.69) is 0 Å². The van der Waals surface area contributed by atoms with Gasteiger partial charge in [0.25, 0.3) is 0 Å². The Bertz CT molecular complexity index is 264. The first-order chi connectivity index (χ1) is 6.24. The second-order valence-electron chi connectivity index (χ2n) is 2.17. The predicted octanol–water partition coefficient (Wildman–Crippen LogP) is 0.328. The zero-order chi connectivity index (χ0) is 10.3. The molecule has 0 N–H and O–H groups in total. The molecule has 0 amide bonds. The average Bonchev–Trinajstić information content (AvgIpc) is 2.18. The Morgan fingerprint density at radius 2 is 1.15 bits per heavy atom. The zero-order valence-electron chi connectivity index (χ0n) is 6.93. The molecule has 0 aliphatic carbocycles. The van der Waals surface area contributed by atoms with E-state index in [4.69, 9.17) is 25.8 Å². The van der Waals surface area contributed by atoms with Crippen LogP contribution in [0.4, 0.5) is 0 Å². The summed E-state index contributed by atoms with van der Waals surface area (Å²) in [4.78, 5) is 0. The minimum atomic E-state index is -1.09. The van der Waals surface area contributed by atoms with E-state index >= 15 is 0 Å². The molecule has 0 saturated heterocycles. The standard InChI is InChI=1S/C8H6N4O/c1-13-8(6(2-9)3-10)7(4-11)5-12/h6-8H,1H3. The monoisotopic (exact) mass is 174 g/mol. The quantitative estimate of drug-likeness (QED) is 0.612. The second kappa shape index (κ2) is 5.56. The largest absolute Gasteiger partial charge is 0.376 e. The Labute approximate surface area is 76.0 Å². The van der Waals surface area contributed by atoms with Crippen LogP contribution in [-0.4, -0.2) is 13.2 Å². The maximum Gasteiger partial charge on any atom is 0.161 e. The third-order valence-corrected chi connectivity index (χ3v) is 1.49. The van der Waals surface area contributed by atoms with Crippen molar-refractivity contribution in [2.24, 2.45) is 11.8 Å². The van der Waals surface area contributed by atoms with Gasteiger partial charge >= 0.3 is 0 Å². The van der Waals surface area contributed by atoms with Crippen molar-refractivity contribution in [3.05, 3.63) is 0 Å². The van der Waals surface area contributed by atoms with E-state index in [0.717, 1.165) is 0 Å². The molecule has 0 bridgehead atoms. The van der Waals surface area contributed by atoms with Gasteiger partial charge in [0.05, 0.1) is 24.3 Å². The van der Waals surface area contributed by atoms with Gasteiger partial charge in [0.1, 0.15) is 6.10 Å². The maximum absolute atomic E-state index is 8.50. The fourth-order valence-electron chi connectivity index (χ4n) is 0.816. The first-order valence-electron chi connectivity index (χ1n) is 3.36. The first kappa shape index (κ1) is 10.9. The highest BCUT2D eigenvalue weighted by molar-refractivity contribution is 5.13. The highest BCUT2D eigenvalue weighted by Crippen LogP contribution is 2.14. The molecule has 5 nitrogen and oxygen atoms in total. The fourth-order valence-corrected chi connectivity index (χ4v) is 0.816. The van der Waals surface area contributed by atoms with Crippen molar-refractivity contribution in [1.82, 2.24) is 0 Å². The summed E-state index contributed by atoms with van der Waals surface area (Å²) in [5.74, 6) is -2.18. The summed E-state index contributed by atoms with van der Waals surface area (Å²) in [6.07, 6.45) is -0.968. The van der Waals surface area contributed by atoms with Gasteiger partial charge < -0.3 is 4.74 Å². The normalized spacial score (nSPS) is 8.92. The molecule has 0 saturated carbocycles.